The van der Waals surface area contributed by atoms with Gasteiger partial charge in [-0.15, -0.1) is 0 Å². The lowest BCUT2D eigenvalue weighted by atomic mass is 10.1. The highest BCUT2D eigenvalue weighted by atomic mass is 16.5. The van der Waals surface area contributed by atoms with Crippen molar-refractivity contribution in [3.05, 3.63) is 42.0 Å². The molecule has 2 rings (SSSR count). The van der Waals surface area contributed by atoms with Crippen molar-refractivity contribution in [1.29, 1.82) is 0 Å². The van der Waals surface area contributed by atoms with Gasteiger partial charge in [-0.1, -0.05) is 39.0 Å². The van der Waals surface area contributed by atoms with Gasteiger partial charge in [-0.05, 0) is 24.6 Å². The molecule has 0 saturated heterocycles. The highest BCUT2D eigenvalue weighted by molar-refractivity contribution is 5.93. The van der Waals surface area contributed by atoms with E-state index in [2.05, 4.69) is 15.6 Å². The zero-order valence-corrected chi connectivity index (χ0v) is 16.1. The van der Waals surface area contributed by atoms with Crippen LogP contribution in [-0.2, 0) is 9.59 Å². The maximum absolute atomic E-state index is 12.0. The molecule has 0 aliphatic rings. The molecule has 2 aromatic rings. The zero-order valence-electron chi connectivity index (χ0n) is 16.1. The van der Waals surface area contributed by atoms with E-state index in [4.69, 9.17) is 4.74 Å². The molecule has 144 valence electrons. The maximum atomic E-state index is 12.0. The van der Waals surface area contributed by atoms with Crippen molar-refractivity contribution >= 4 is 28.8 Å². The number of rotatable bonds is 9. The van der Waals surface area contributed by atoms with E-state index in [1.807, 2.05) is 51.1 Å². The fraction of sp³-hybridized carbons (Fsp3) is 0.381. The Labute approximate surface area is 160 Å². The number of carbonyl (C=O) groups excluding carboxylic acids is 2. The van der Waals surface area contributed by atoms with Crippen molar-refractivity contribution in [2.24, 2.45) is 5.92 Å². The maximum Gasteiger partial charge on any atom is 0.244 e. The molecule has 27 heavy (non-hydrogen) atoms. The minimum absolute atomic E-state index is 0.0280. The van der Waals surface area contributed by atoms with E-state index in [0.717, 1.165) is 22.9 Å². The monoisotopic (exact) mass is 369 g/mol. The van der Waals surface area contributed by atoms with Gasteiger partial charge in [-0.2, -0.15) is 0 Å². The number of nitrogens with zero attached hydrogens (tertiary/aromatic N) is 1. The third kappa shape index (κ3) is 6.40. The van der Waals surface area contributed by atoms with Gasteiger partial charge < -0.3 is 15.4 Å². The summed E-state index contributed by atoms with van der Waals surface area (Å²) in [4.78, 5) is 28.0. The van der Waals surface area contributed by atoms with E-state index in [1.165, 1.54) is 6.08 Å². The van der Waals surface area contributed by atoms with E-state index >= 15 is 0 Å². The first kappa shape index (κ1) is 20.4. The molecule has 0 radical (unpaired) electrons. The molecule has 0 spiro atoms. The second-order valence-corrected chi connectivity index (χ2v) is 6.49. The summed E-state index contributed by atoms with van der Waals surface area (Å²) in [5.41, 5.74) is 1.61. The average molecular weight is 369 g/mol. The van der Waals surface area contributed by atoms with Gasteiger partial charge >= 0.3 is 0 Å². The molecule has 2 amide bonds. The predicted octanol–water partition coefficient (Wildman–Crippen LogP) is 2.93. The molecule has 6 nitrogen and oxygen atoms in total. The van der Waals surface area contributed by atoms with Gasteiger partial charge in [0.25, 0.3) is 0 Å². The van der Waals surface area contributed by atoms with Crippen LogP contribution in [0.25, 0.3) is 17.0 Å². The average Bonchev–Trinajstić information content (AvgIpc) is 2.67. The number of hydrogen-bond donors (Lipinski definition) is 2. The molecular formula is C21H27N3O3. The van der Waals surface area contributed by atoms with Gasteiger partial charge in [0.2, 0.25) is 17.7 Å². The molecule has 0 aliphatic carbocycles. The quantitative estimate of drug-likeness (QED) is 0.526. The van der Waals surface area contributed by atoms with Crippen LogP contribution in [0.5, 0.6) is 5.88 Å². The van der Waals surface area contributed by atoms with Crippen molar-refractivity contribution in [2.75, 3.05) is 19.7 Å². The summed E-state index contributed by atoms with van der Waals surface area (Å²) in [5, 5.41) is 6.49. The molecular weight excluding hydrogens is 342 g/mol. The van der Waals surface area contributed by atoms with Crippen molar-refractivity contribution in [2.45, 2.75) is 27.2 Å². The van der Waals surface area contributed by atoms with E-state index in [0.29, 0.717) is 25.6 Å². The van der Waals surface area contributed by atoms with E-state index < -0.39 is 0 Å². The fourth-order valence-corrected chi connectivity index (χ4v) is 2.35. The molecule has 2 N–H and O–H groups in total. The molecule has 0 saturated carbocycles. The standard InChI is InChI=1S/C21H27N3O3/c1-4-13-27-21-17(14-16-7-5-6-8-18(16)24-21)9-10-19(25)22-11-12-23-20(26)15(2)3/h5-10,14-15H,4,11-13H2,1-3H3,(H,22,25)(H,23,26). The number of hydrogen-bond acceptors (Lipinski definition) is 4. The number of pyridine rings is 1. The van der Waals surface area contributed by atoms with Crippen LogP contribution in [0.2, 0.25) is 0 Å². The number of benzene rings is 1. The number of nitrogens with one attached hydrogen (secondary N) is 2. The van der Waals surface area contributed by atoms with Crippen LogP contribution in [0.15, 0.2) is 36.4 Å². The second kappa shape index (κ2) is 10.3. The summed E-state index contributed by atoms with van der Waals surface area (Å²) >= 11 is 0. The predicted molar refractivity (Wildman–Crippen MR) is 107 cm³/mol. The highest BCUT2D eigenvalue weighted by Gasteiger charge is 2.07. The van der Waals surface area contributed by atoms with Crippen LogP contribution in [0.3, 0.4) is 0 Å². The lowest BCUT2D eigenvalue weighted by Crippen LogP contribution is -2.35. The van der Waals surface area contributed by atoms with Gasteiger partial charge in [0, 0.05) is 36.0 Å². The molecule has 1 heterocycles. The van der Waals surface area contributed by atoms with E-state index in [-0.39, 0.29) is 17.7 Å². The van der Waals surface area contributed by atoms with Gasteiger partial charge in [0.1, 0.15) is 0 Å². The second-order valence-electron chi connectivity index (χ2n) is 6.49. The number of carbonyl (C=O) groups is 2. The Kier molecular flexibility index (Phi) is 7.79. The van der Waals surface area contributed by atoms with Crippen molar-refractivity contribution in [1.82, 2.24) is 15.6 Å². The first-order chi connectivity index (χ1) is 13.0. The molecule has 1 aromatic heterocycles. The van der Waals surface area contributed by atoms with Crippen LogP contribution in [0.1, 0.15) is 32.8 Å². The Morgan fingerprint density at radius 1 is 1.19 bits per heavy atom. The molecule has 0 aliphatic heterocycles. The third-order valence-corrected chi connectivity index (χ3v) is 3.82. The van der Waals surface area contributed by atoms with Crippen molar-refractivity contribution in [3.8, 4) is 5.88 Å². The normalized spacial score (nSPS) is 11.1. The first-order valence-corrected chi connectivity index (χ1v) is 9.27. The van der Waals surface area contributed by atoms with Crippen LogP contribution >= 0.6 is 0 Å². The van der Waals surface area contributed by atoms with Gasteiger partial charge in [0.15, 0.2) is 0 Å². The number of amides is 2. The van der Waals surface area contributed by atoms with Crippen LogP contribution in [0.4, 0.5) is 0 Å². The largest absolute Gasteiger partial charge is 0.477 e. The topological polar surface area (TPSA) is 80.3 Å². The van der Waals surface area contributed by atoms with Gasteiger partial charge in [0.05, 0.1) is 12.1 Å². The zero-order chi connectivity index (χ0) is 19.6. The highest BCUT2D eigenvalue weighted by Crippen LogP contribution is 2.23. The fourth-order valence-electron chi connectivity index (χ4n) is 2.35. The van der Waals surface area contributed by atoms with E-state index in [1.54, 1.807) is 6.08 Å². The summed E-state index contributed by atoms with van der Waals surface area (Å²) in [7, 11) is 0. The van der Waals surface area contributed by atoms with Crippen molar-refractivity contribution < 1.29 is 14.3 Å². The van der Waals surface area contributed by atoms with E-state index in [9.17, 15) is 9.59 Å². The minimum Gasteiger partial charge on any atom is -0.477 e. The molecule has 1 aromatic carbocycles. The van der Waals surface area contributed by atoms with Crippen LogP contribution in [-0.4, -0.2) is 36.5 Å². The number of para-hydroxylation sites is 1. The summed E-state index contributed by atoms with van der Waals surface area (Å²) in [5.74, 6) is 0.189. The van der Waals surface area contributed by atoms with Crippen LogP contribution < -0.4 is 15.4 Å². The first-order valence-electron chi connectivity index (χ1n) is 9.27. The minimum atomic E-state index is -0.233. The Morgan fingerprint density at radius 2 is 1.93 bits per heavy atom. The van der Waals surface area contributed by atoms with Crippen LogP contribution in [0, 0.1) is 5.92 Å². The number of fused-ring (bicyclic) bond motifs is 1. The van der Waals surface area contributed by atoms with Gasteiger partial charge in [-0.25, -0.2) is 4.98 Å². The summed E-state index contributed by atoms with van der Waals surface area (Å²) in [6.45, 7) is 7.02. The van der Waals surface area contributed by atoms with Gasteiger partial charge in [-0.3, -0.25) is 9.59 Å². The molecule has 0 fully saturated rings. The lowest BCUT2D eigenvalue weighted by molar-refractivity contribution is -0.124. The molecule has 6 heteroatoms. The molecule has 0 bridgehead atoms. The lowest BCUT2D eigenvalue weighted by Gasteiger charge is -2.09. The Bertz CT molecular complexity index is 815. The third-order valence-electron chi connectivity index (χ3n) is 3.82. The number of aromatic nitrogens is 1. The SMILES string of the molecule is CCCOc1nc2ccccc2cc1C=CC(=O)NCCNC(=O)C(C)C. The Balaban J connectivity index is 2.00. The smallest absolute Gasteiger partial charge is 0.244 e. The summed E-state index contributed by atoms with van der Waals surface area (Å²) < 4.78 is 5.73. The molecule has 0 unspecified atom stereocenters. The van der Waals surface area contributed by atoms with Crippen molar-refractivity contribution in [3.63, 3.8) is 0 Å². The summed E-state index contributed by atoms with van der Waals surface area (Å²) in [6.07, 6.45) is 4.03. The number of ether oxygens (including phenoxy) is 1. The summed E-state index contributed by atoms with van der Waals surface area (Å²) in [6, 6.07) is 9.74. The Morgan fingerprint density at radius 3 is 2.67 bits per heavy atom. The molecule has 0 atom stereocenters. The Hall–Kier alpha value is -2.89.